The van der Waals surface area contributed by atoms with E-state index >= 15 is 0 Å². The van der Waals surface area contributed by atoms with Gasteiger partial charge < -0.3 is 20.9 Å². The van der Waals surface area contributed by atoms with Crippen molar-refractivity contribution in [3.05, 3.63) is 35.9 Å². The van der Waals surface area contributed by atoms with Crippen LogP contribution in [0.3, 0.4) is 0 Å². The molecule has 3 N–H and O–H groups in total. The summed E-state index contributed by atoms with van der Waals surface area (Å²) in [5.74, 6) is 0.0866. The number of hydrogen-bond donors (Lipinski definition) is 3. The van der Waals surface area contributed by atoms with Gasteiger partial charge in [0.05, 0.1) is 0 Å². The maximum atomic E-state index is 13.1. The molecule has 0 unspecified atom stereocenters. The summed E-state index contributed by atoms with van der Waals surface area (Å²) >= 11 is 0. The number of amides is 3. The lowest BCUT2D eigenvalue weighted by atomic mass is 9.95. The van der Waals surface area contributed by atoms with Gasteiger partial charge in [-0.2, -0.15) is 0 Å². The van der Waals surface area contributed by atoms with Crippen LogP contribution >= 0.6 is 12.4 Å². The summed E-state index contributed by atoms with van der Waals surface area (Å²) in [5.41, 5.74) is 0.313. The Morgan fingerprint density at radius 3 is 2.50 bits per heavy atom. The number of hydrogen-bond acceptors (Lipinski definition) is 3. The van der Waals surface area contributed by atoms with Gasteiger partial charge in [0.25, 0.3) is 0 Å². The predicted molar refractivity (Wildman–Crippen MR) is 104 cm³/mol. The van der Waals surface area contributed by atoms with E-state index in [1.807, 2.05) is 35.2 Å². The van der Waals surface area contributed by atoms with E-state index in [2.05, 4.69) is 16.0 Å². The number of benzene rings is 1. The molecule has 2 aliphatic rings. The molecule has 1 saturated carbocycles. The Hall–Kier alpha value is -1.79. The first-order valence-electron chi connectivity index (χ1n) is 9.30. The summed E-state index contributed by atoms with van der Waals surface area (Å²) in [6, 6.07) is 9.54. The van der Waals surface area contributed by atoms with Crippen LogP contribution in [-0.2, 0) is 11.3 Å². The van der Waals surface area contributed by atoms with Crippen molar-refractivity contribution < 1.29 is 9.59 Å². The van der Waals surface area contributed by atoms with Crippen molar-refractivity contribution in [2.45, 2.75) is 44.2 Å². The van der Waals surface area contributed by atoms with Gasteiger partial charge >= 0.3 is 6.03 Å². The quantitative estimate of drug-likeness (QED) is 0.748. The van der Waals surface area contributed by atoms with E-state index in [1.54, 1.807) is 0 Å². The fourth-order valence-corrected chi connectivity index (χ4v) is 3.76. The van der Waals surface area contributed by atoms with E-state index in [9.17, 15) is 9.59 Å². The SMILES string of the molecule is Cl.O=C(NCc1ccccc1)NC1(C(=O)N2CCCNCC2)CCCC1. The monoisotopic (exact) mass is 380 g/mol. The van der Waals surface area contributed by atoms with Gasteiger partial charge in [0.15, 0.2) is 0 Å². The largest absolute Gasteiger partial charge is 0.339 e. The molecule has 0 aromatic heterocycles. The van der Waals surface area contributed by atoms with Crippen LogP contribution < -0.4 is 16.0 Å². The molecule has 1 aromatic carbocycles. The molecule has 1 saturated heterocycles. The molecule has 0 bridgehead atoms. The van der Waals surface area contributed by atoms with Crippen LogP contribution in [0.15, 0.2) is 30.3 Å². The number of carbonyl (C=O) groups excluding carboxylic acids is 2. The van der Waals surface area contributed by atoms with Crippen molar-refractivity contribution in [2.75, 3.05) is 26.2 Å². The van der Waals surface area contributed by atoms with Crippen LogP contribution in [0, 0.1) is 0 Å². The Kier molecular flexibility index (Phi) is 7.72. The average Bonchev–Trinajstić information content (AvgIpc) is 2.94. The molecule has 1 aliphatic heterocycles. The van der Waals surface area contributed by atoms with Gasteiger partial charge in [-0.05, 0) is 31.4 Å². The van der Waals surface area contributed by atoms with Crippen LogP contribution in [-0.4, -0.2) is 48.6 Å². The van der Waals surface area contributed by atoms with Crippen LogP contribution in [0.25, 0.3) is 0 Å². The molecule has 26 heavy (non-hydrogen) atoms. The van der Waals surface area contributed by atoms with Crippen molar-refractivity contribution in [2.24, 2.45) is 0 Å². The molecule has 1 aromatic rings. The second-order valence-corrected chi connectivity index (χ2v) is 6.98. The van der Waals surface area contributed by atoms with Gasteiger partial charge in [-0.25, -0.2) is 4.79 Å². The van der Waals surface area contributed by atoms with Gasteiger partial charge in [-0.1, -0.05) is 43.2 Å². The Balaban J connectivity index is 0.00000243. The minimum Gasteiger partial charge on any atom is -0.339 e. The van der Waals surface area contributed by atoms with Crippen LogP contribution in [0.4, 0.5) is 4.79 Å². The highest BCUT2D eigenvalue weighted by Crippen LogP contribution is 2.31. The molecule has 0 radical (unpaired) electrons. The summed E-state index contributed by atoms with van der Waals surface area (Å²) < 4.78 is 0. The zero-order valence-corrected chi connectivity index (χ0v) is 15.9. The first kappa shape index (κ1) is 20.5. The number of rotatable bonds is 4. The van der Waals surface area contributed by atoms with Crippen LogP contribution in [0.5, 0.6) is 0 Å². The van der Waals surface area contributed by atoms with Gasteiger partial charge in [0.2, 0.25) is 5.91 Å². The highest BCUT2D eigenvalue weighted by molar-refractivity contribution is 5.91. The first-order valence-corrected chi connectivity index (χ1v) is 9.30. The van der Waals surface area contributed by atoms with E-state index in [0.717, 1.165) is 57.3 Å². The summed E-state index contributed by atoms with van der Waals surface area (Å²) in [4.78, 5) is 27.5. The number of urea groups is 1. The third-order valence-corrected chi connectivity index (χ3v) is 5.14. The van der Waals surface area contributed by atoms with E-state index in [-0.39, 0.29) is 24.3 Å². The molecule has 3 amide bonds. The molecule has 0 atom stereocenters. The Labute approximate surface area is 161 Å². The number of carbonyl (C=O) groups is 2. The van der Waals surface area contributed by atoms with Gasteiger partial charge in [-0.15, -0.1) is 12.4 Å². The van der Waals surface area contributed by atoms with E-state index in [0.29, 0.717) is 13.1 Å². The molecule has 1 heterocycles. The molecule has 1 aliphatic carbocycles. The smallest absolute Gasteiger partial charge is 0.315 e. The zero-order chi connectivity index (χ0) is 17.5. The summed E-state index contributed by atoms with van der Waals surface area (Å²) in [5, 5.41) is 9.23. The van der Waals surface area contributed by atoms with Crippen LogP contribution in [0.1, 0.15) is 37.7 Å². The van der Waals surface area contributed by atoms with E-state index in [1.165, 1.54) is 0 Å². The van der Waals surface area contributed by atoms with Crippen molar-refractivity contribution in [1.82, 2.24) is 20.9 Å². The molecular formula is C19H29ClN4O2. The second kappa shape index (κ2) is 9.78. The summed E-state index contributed by atoms with van der Waals surface area (Å²) in [6.07, 6.45) is 4.39. The second-order valence-electron chi connectivity index (χ2n) is 6.98. The lowest BCUT2D eigenvalue weighted by Gasteiger charge is -2.34. The third-order valence-electron chi connectivity index (χ3n) is 5.14. The minimum atomic E-state index is -0.731. The molecule has 0 spiro atoms. The normalized spacial score (nSPS) is 19.2. The molecular weight excluding hydrogens is 352 g/mol. The number of halogens is 1. The Bertz CT molecular complexity index is 582. The summed E-state index contributed by atoms with van der Waals surface area (Å²) in [6.45, 7) is 3.71. The van der Waals surface area contributed by atoms with Gasteiger partial charge in [0, 0.05) is 26.2 Å². The molecule has 144 valence electrons. The topological polar surface area (TPSA) is 73.5 Å². The maximum absolute atomic E-state index is 13.1. The zero-order valence-electron chi connectivity index (χ0n) is 15.1. The van der Waals surface area contributed by atoms with Gasteiger partial charge in [0.1, 0.15) is 5.54 Å². The van der Waals surface area contributed by atoms with E-state index < -0.39 is 5.54 Å². The molecule has 7 heteroatoms. The van der Waals surface area contributed by atoms with Crippen molar-refractivity contribution in [3.8, 4) is 0 Å². The van der Waals surface area contributed by atoms with E-state index in [4.69, 9.17) is 0 Å². The van der Waals surface area contributed by atoms with Crippen molar-refractivity contribution in [3.63, 3.8) is 0 Å². The fourth-order valence-electron chi connectivity index (χ4n) is 3.76. The molecule has 2 fully saturated rings. The minimum absolute atomic E-state index is 0. The standard InChI is InChI=1S/C19H28N4O2.ClH/c24-17(23-13-6-11-20-12-14-23)19(9-4-5-10-19)22-18(25)21-15-16-7-2-1-3-8-16;/h1-3,7-8,20H,4-6,9-15H2,(H2,21,22,25);1H. The predicted octanol–water partition coefficient (Wildman–Crippen LogP) is 2.04. The van der Waals surface area contributed by atoms with Gasteiger partial charge in [-0.3, -0.25) is 4.79 Å². The Morgan fingerprint density at radius 1 is 1.04 bits per heavy atom. The molecule has 3 rings (SSSR count). The van der Waals surface area contributed by atoms with Crippen LogP contribution in [0.2, 0.25) is 0 Å². The highest BCUT2D eigenvalue weighted by atomic mass is 35.5. The summed E-state index contributed by atoms with van der Waals surface area (Å²) in [7, 11) is 0. The Morgan fingerprint density at radius 2 is 1.77 bits per heavy atom. The third kappa shape index (κ3) is 5.11. The maximum Gasteiger partial charge on any atom is 0.315 e. The average molecular weight is 381 g/mol. The number of nitrogens with zero attached hydrogens (tertiary/aromatic N) is 1. The molecule has 6 nitrogen and oxygen atoms in total. The van der Waals surface area contributed by atoms with Crippen molar-refractivity contribution >= 4 is 24.3 Å². The first-order chi connectivity index (χ1) is 12.2. The van der Waals surface area contributed by atoms with Crippen molar-refractivity contribution in [1.29, 1.82) is 0 Å². The lowest BCUT2D eigenvalue weighted by Crippen LogP contribution is -2.60. The lowest BCUT2D eigenvalue weighted by molar-refractivity contribution is -0.137. The fraction of sp³-hybridized carbons (Fsp3) is 0.579. The number of nitrogens with one attached hydrogen (secondary N) is 3. The highest BCUT2D eigenvalue weighted by Gasteiger charge is 2.44.